The molecule has 0 unspecified atom stereocenters. The molecule has 134 valence electrons. The largest absolute Gasteiger partial charge is 0.492 e. The first-order valence-electron chi connectivity index (χ1n) is 8.47. The van der Waals surface area contributed by atoms with Gasteiger partial charge in [-0.25, -0.2) is 0 Å². The van der Waals surface area contributed by atoms with Crippen molar-refractivity contribution in [1.29, 1.82) is 0 Å². The van der Waals surface area contributed by atoms with Crippen LogP contribution >= 0.6 is 0 Å². The fourth-order valence-electron chi connectivity index (χ4n) is 2.81. The third-order valence-electron chi connectivity index (χ3n) is 4.12. The molecule has 0 spiro atoms. The lowest BCUT2D eigenvalue weighted by Gasteiger charge is -2.13. The molecule has 26 heavy (non-hydrogen) atoms. The van der Waals surface area contributed by atoms with E-state index in [1.54, 1.807) is 24.3 Å². The molecule has 6 heteroatoms. The zero-order valence-electron chi connectivity index (χ0n) is 14.5. The van der Waals surface area contributed by atoms with Crippen LogP contribution in [-0.4, -0.2) is 42.3 Å². The maximum atomic E-state index is 12.2. The van der Waals surface area contributed by atoms with Gasteiger partial charge < -0.3 is 10.1 Å². The number of carbonyl (C=O) groups is 3. The number of nitrogens with zero attached hydrogens (tertiary/aromatic N) is 1. The van der Waals surface area contributed by atoms with Crippen molar-refractivity contribution in [3.8, 4) is 5.75 Å². The van der Waals surface area contributed by atoms with Gasteiger partial charge in [0, 0.05) is 13.0 Å². The molecule has 1 heterocycles. The minimum absolute atomic E-state index is 0.0654. The molecule has 0 bridgehead atoms. The van der Waals surface area contributed by atoms with Gasteiger partial charge >= 0.3 is 0 Å². The van der Waals surface area contributed by atoms with Crippen molar-refractivity contribution in [2.75, 3.05) is 19.7 Å². The number of imide groups is 1. The van der Waals surface area contributed by atoms with E-state index in [1.165, 1.54) is 0 Å². The fourth-order valence-corrected chi connectivity index (χ4v) is 2.81. The molecule has 2 aromatic carbocycles. The summed E-state index contributed by atoms with van der Waals surface area (Å²) in [5, 5.41) is 2.73. The normalized spacial score (nSPS) is 12.9. The van der Waals surface area contributed by atoms with Crippen LogP contribution in [0.5, 0.6) is 5.75 Å². The van der Waals surface area contributed by atoms with Crippen LogP contribution in [0.3, 0.4) is 0 Å². The number of hydrogen-bond donors (Lipinski definition) is 1. The number of hydrogen-bond acceptors (Lipinski definition) is 4. The van der Waals surface area contributed by atoms with Crippen LogP contribution in [0.1, 0.15) is 32.7 Å². The summed E-state index contributed by atoms with van der Waals surface area (Å²) in [6.45, 7) is 2.75. The van der Waals surface area contributed by atoms with Crippen molar-refractivity contribution in [3.05, 3.63) is 65.2 Å². The summed E-state index contributed by atoms with van der Waals surface area (Å²) in [5.74, 6) is -0.165. The summed E-state index contributed by atoms with van der Waals surface area (Å²) in [6, 6.07) is 14.3. The summed E-state index contributed by atoms with van der Waals surface area (Å²) in [6.07, 6.45) is 0.0654. The van der Waals surface area contributed by atoms with E-state index in [-0.39, 0.29) is 30.7 Å². The average Bonchev–Trinajstić information content (AvgIpc) is 2.88. The quantitative estimate of drug-likeness (QED) is 0.612. The maximum absolute atomic E-state index is 12.2. The highest BCUT2D eigenvalue weighted by Crippen LogP contribution is 2.22. The molecular formula is C20H20N2O4. The van der Waals surface area contributed by atoms with Crippen LogP contribution in [0.25, 0.3) is 0 Å². The lowest BCUT2D eigenvalue weighted by atomic mass is 10.1. The van der Waals surface area contributed by atoms with E-state index in [9.17, 15) is 14.4 Å². The van der Waals surface area contributed by atoms with Crippen LogP contribution in [0.4, 0.5) is 0 Å². The van der Waals surface area contributed by atoms with Crippen LogP contribution in [-0.2, 0) is 4.79 Å². The second kappa shape index (κ2) is 7.82. The summed E-state index contributed by atoms with van der Waals surface area (Å²) in [4.78, 5) is 37.5. The minimum atomic E-state index is -0.346. The first kappa shape index (κ1) is 17.7. The van der Waals surface area contributed by atoms with Crippen molar-refractivity contribution in [2.45, 2.75) is 13.3 Å². The lowest BCUT2D eigenvalue weighted by molar-refractivity contribution is -0.121. The van der Waals surface area contributed by atoms with Crippen molar-refractivity contribution in [3.63, 3.8) is 0 Å². The second-order valence-corrected chi connectivity index (χ2v) is 6.07. The van der Waals surface area contributed by atoms with Gasteiger partial charge in [-0.2, -0.15) is 0 Å². The second-order valence-electron chi connectivity index (χ2n) is 6.07. The highest BCUT2D eigenvalue weighted by atomic mass is 16.5. The van der Waals surface area contributed by atoms with E-state index >= 15 is 0 Å². The maximum Gasteiger partial charge on any atom is 0.261 e. The number of rotatable bonds is 7. The Balaban J connectivity index is 1.41. The van der Waals surface area contributed by atoms with Gasteiger partial charge in [0.15, 0.2) is 0 Å². The summed E-state index contributed by atoms with van der Waals surface area (Å²) >= 11 is 0. The molecule has 1 aliphatic heterocycles. The van der Waals surface area contributed by atoms with Crippen LogP contribution in [0, 0.1) is 6.92 Å². The highest BCUT2D eigenvalue weighted by Gasteiger charge is 2.34. The third kappa shape index (κ3) is 3.91. The van der Waals surface area contributed by atoms with E-state index in [0.29, 0.717) is 24.3 Å². The molecule has 0 saturated carbocycles. The van der Waals surface area contributed by atoms with Gasteiger partial charge in [0.2, 0.25) is 5.91 Å². The molecule has 1 aliphatic rings. The van der Waals surface area contributed by atoms with Crippen LogP contribution in [0.15, 0.2) is 48.5 Å². The first-order valence-corrected chi connectivity index (χ1v) is 8.47. The molecule has 0 aliphatic carbocycles. The van der Waals surface area contributed by atoms with Crippen LogP contribution < -0.4 is 10.1 Å². The third-order valence-corrected chi connectivity index (χ3v) is 4.12. The van der Waals surface area contributed by atoms with E-state index in [1.807, 2.05) is 31.2 Å². The molecule has 3 rings (SSSR count). The predicted octanol–water partition coefficient (Wildman–Crippen LogP) is 2.18. The Morgan fingerprint density at radius 1 is 1.04 bits per heavy atom. The zero-order valence-corrected chi connectivity index (χ0v) is 14.5. The van der Waals surface area contributed by atoms with Gasteiger partial charge in [0.05, 0.1) is 17.7 Å². The Bertz CT molecular complexity index is 812. The summed E-state index contributed by atoms with van der Waals surface area (Å²) in [5.41, 5.74) is 1.89. The van der Waals surface area contributed by atoms with Crippen molar-refractivity contribution < 1.29 is 19.1 Å². The molecule has 1 N–H and O–H groups in total. The number of aryl methyl sites for hydroxylation is 1. The Labute approximate surface area is 151 Å². The molecule has 0 radical (unpaired) electrons. The number of amides is 3. The standard InChI is InChI=1S/C20H20N2O4/c1-14-5-4-6-15(13-14)26-12-10-21-18(23)9-11-22-19(24)16-7-2-3-8-17(16)20(22)25/h2-8,13H,9-12H2,1H3,(H,21,23). The Hall–Kier alpha value is -3.15. The Kier molecular flexibility index (Phi) is 5.31. The number of ether oxygens (including phenoxy) is 1. The monoisotopic (exact) mass is 352 g/mol. The van der Waals surface area contributed by atoms with Crippen molar-refractivity contribution >= 4 is 17.7 Å². The Morgan fingerprint density at radius 2 is 1.73 bits per heavy atom. The predicted molar refractivity (Wildman–Crippen MR) is 96.1 cm³/mol. The van der Waals surface area contributed by atoms with Crippen LogP contribution in [0.2, 0.25) is 0 Å². The molecule has 0 saturated heterocycles. The van der Waals surface area contributed by atoms with Crippen molar-refractivity contribution in [1.82, 2.24) is 10.2 Å². The number of nitrogens with one attached hydrogen (secondary N) is 1. The van der Waals surface area contributed by atoms with E-state index in [4.69, 9.17) is 4.74 Å². The molecule has 0 atom stereocenters. The molecule has 6 nitrogen and oxygen atoms in total. The number of benzene rings is 2. The van der Waals surface area contributed by atoms with E-state index in [2.05, 4.69) is 5.32 Å². The molecular weight excluding hydrogens is 332 g/mol. The topological polar surface area (TPSA) is 75.7 Å². The van der Waals surface area contributed by atoms with E-state index in [0.717, 1.165) is 16.2 Å². The summed E-state index contributed by atoms with van der Waals surface area (Å²) in [7, 11) is 0. The van der Waals surface area contributed by atoms with E-state index < -0.39 is 0 Å². The minimum Gasteiger partial charge on any atom is -0.492 e. The van der Waals surface area contributed by atoms with Gasteiger partial charge in [-0.15, -0.1) is 0 Å². The zero-order chi connectivity index (χ0) is 18.5. The van der Waals surface area contributed by atoms with Gasteiger partial charge in [0.25, 0.3) is 11.8 Å². The fraction of sp³-hybridized carbons (Fsp3) is 0.250. The molecule has 2 aromatic rings. The highest BCUT2D eigenvalue weighted by molar-refractivity contribution is 6.21. The van der Waals surface area contributed by atoms with Crippen molar-refractivity contribution in [2.24, 2.45) is 0 Å². The SMILES string of the molecule is Cc1cccc(OCCNC(=O)CCN2C(=O)c3ccccc3C2=O)c1. The molecule has 0 fully saturated rings. The van der Waals surface area contributed by atoms with Gasteiger partial charge in [-0.3, -0.25) is 19.3 Å². The first-order chi connectivity index (χ1) is 12.6. The number of carbonyl (C=O) groups excluding carboxylic acids is 3. The summed E-state index contributed by atoms with van der Waals surface area (Å²) < 4.78 is 5.56. The average molecular weight is 352 g/mol. The molecule has 0 aromatic heterocycles. The Morgan fingerprint density at radius 3 is 2.38 bits per heavy atom. The van der Waals surface area contributed by atoms with Gasteiger partial charge in [0.1, 0.15) is 12.4 Å². The lowest BCUT2D eigenvalue weighted by Crippen LogP contribution is -2.35. The smallest absolute Gasteiger partial charge is 0.261 e. The van der Waals surface area contributed by atoms with Gasteiger partial charge in [-0.1, -0.05) is 24.3 Å². The number of fused-ring (bicyclic) bond motifs is 1. The molecule has 3 amide bonds. The van der Waals surface area contributed by atoms with Gasteiger partial charge in [-0.05, 0) is 36.8 Å².